The molecular formula is C23H29N3O3S. The van der Waals surface area contributed by atoms with Crippen LogP contribution in [0.15, 0.2) is 30.3 Å². The van der Waals surface area contributed by atoms with Gasteiger partial charge in [0.05, 0.1) is 24.4 Å². The molecule has 3 rings (SSSR count). The quantitative estimate of drug-likeness (QED) is 0.529. The van der Waals surface area contributed by atoms with Crippen molar-refractivity contribution in [1.82, 2.24) is 9.88 Å². The highest BCUT2D eigenvalue weighted by atomic mass is 32.1. The highest BCUT2D eigenvalue weighted by Crippen LogP contribution is 2.37. The summed E-state index contributed by atoms with van der Waals surface area (Å²) in [5.74, 6) is 1.26. The zero-order valence-electron chi connectivity index (χ0n) is 18.5. The minimum atomic E-state index is -0.0204. The smallest absolute Gasteiger partial charge is 0.260 e. The zero-order valence-corrected chi connectivity index (χ0v) is 19.3. The highest BCUT2D eigenvalue weighted by molar-refractivity contribution is 7.22. The molecule has 0 bridgehead atoms. The Bertz CT molecular complexity index is 1000. The molecule has 1 aromatic heterocycles. The summed E-state index contributed by atoms with van der Waals surface area (Å²) >= 11 is 1.49. The molecule has 1 heterocycles. The van der Waals surface area contributed by atoms with Crippen molar-refractivity contribution in [3.63, 3.8) is 0 Å². The molecule has 2 aromatic carbocycles. The van der Waals surface area contributed by atoms with Crippen LogP contribution in [0, 0.1) is 13.8 Å². The fraction of sp³-hybridized carbons (Fsp3) is 0.391. The summed E-state index contributed by atoms with van der Waals surface area (Å²) < 4.78 is 11.8. The summed E-state index contributed by atoms with van der Waals surface area (Å²) in [5, 5.41) is 0.685. The first-order valence-corrected chi connectivity index (χ1v) is 10.7. The van der Waals surface area contributed by atoms with Gasteiger partial charge in [0.2, 0.25) is 0 Å². The van der Waals surface area contributed by atoms with Crippen LogP contribution < -0.4 is 14.4 Å². The van der Waals surface area contributed by atoms with Crippen LogP contribution in [-0.2, 0) is 0 Å². The number of rotatable bonds is 8. The predicted molar refractivity (Wildman–Crippen MR) is 123 cm³/mol. The van der Waals surface area contributed by atoms with Crippen molar-refractivity contribution >= 4 is 32.6 Å². The molecule has 0 radical (unpaired) electrons. The number of carbonyl (C=O) groups is 1. The Morgan fingerprint density at radius 3 is 2.40 bits per heavy atom. The molecular weight excluding hydrogens is 398 g/mol. The molecule has 6 nitrogen and oxygen atoms in total. The van der Waals surface area contributed by atoms with E-state index >= 15 is 0 Å². The second kappa shape index (κ2) is 9.45. The summed E-state index contributed by atoms with van der Waals surface area (Å²) in [7, 11) is 7.29. The Morgan fingerprint density at radius 2 is 1.73 bits per heavy atom. The van der Waals surface area contributed by atoms with Gasteiger partial charge in [0, 0.05) is 24.2 Å². The normalized spacial score (nSPS) is 11.2. The predicted octanol–water partition coefficient (Wildman–Crippen LogP) is 4.53. The number of nitrogens with zero attached hydrogens (tertiary/aromatic N) is 3. The van der Waals surface area contributed by atoms with E-state index in [-0.39, 0.29) is 5.91 Å². The Hall–Kier alpha value is -2.64. The minimum absolute atomic E-state index is 0.0204. The van der Waals surface area contributed by atoms with Gasteiger partial charge in [-0.05, 0) is 52.5 Å². The van der Waals surface area contributed by atoms with E-state index in [4.69, 9.17) is 14.5 Å². The van der Waals surface area contributed by atoms with Gasteiger partial charge in [-0.1, -0.05) is 29.0 Å². The first kappa shape index (κ1) is 22.1. The minimum Gasteiger partial charge on any atom is -0.493 e. The second-order valence-electron chi connectivity index (χ2n) is 7.60. The summed E-state index contributed by atoms with van der Waals surface area (Å²) in [5.41, 5.74) is 3.54. The Balaban J connectivity index is 2.03. The second-order valence-corrected chi connectivity index (χ2v) is 8.61. The molecule has 0 atom stereocenters. The fourth-order valence-electron chi connectivity index (χ4n) is 3.30. The van der Waals surface area contributed by atoms with Gasteiger partial charge in [0.25, 0.3) is 5.91 Å². The Morgan fingerprint density at radius 1 is 1.03 bits per heavy atom. The number of carbonyl (C=O) groups excluding carboxylic acids is 1. The van der Waals surface area contributed by atoms with E-state index in [1.54, 1.807) is 19.1 Å². The number of benzene rings is 2. The van der Waals surface area contributed by atoms with Gasteiger partial charge >= 0.3 is 0 Å². The van der Waals surface area contributed by atoms with Crippen LogP contribution >= 0.6 is 11.3 Å². The van der Waals surface area contributed by atoms with E-state index in [0.717, 1.165) is 34.3 Å². The van der Waals surface area contributed by atoms with Crippen LogP contribution in [0.3, 0.4) is 0 Å². The van der Waals surface area contributed by atoms with E-state index in [9.17, 15) is 4.79 Å². The first-order chi connectivity index (χ1) is 14.3. The lowest BCUT2D eigenvalue weighted by molar-refractivity contribution is 0.0985. The Kier molecular flexibility index (Phi) is 6.95. The van der Waals surface area contributed by atoms with Crippen LogP contribution in [0.2, 0.25) is 0 Å². The summed E-state index contributed by atoms with van der Waals surface area (Å²) in [6.07, 6.45) is 0.853. The number of fused-ring (bicyclic) bond motifs is 1. The molecule has 3 aromatic rings. The maximum atomic E-state index is 13.5. The van der Waals surface area contributed by atoms with Crippen molar-refractivity contribution in [2.24, 2.45) is 0 Å². The number of anilines is 1. The summed E-state index contributed by atoms with van der Waals surface area (Å²) in [6, 6.07) is 9.74. The largest absolute Gasteiger partial charge is 0.493 e. The number of methoxy groups -OCH3 is 2. The lowest BCUT2D eigenvalue weighted by Crippen LogP contribution is -2.34. The van der Waals surface area contributed by atoms with Gasteiger partial charge in [0.15, 0.2) is 16.6 Å². The molecule has 0 aliphatic rings. The molecule has 7 heteroatoms. The van der Waals surface area contributed by atoms with Crippen LogP contribution in [0.1, 0.15) is 27.9 Å². The SMILES string of the molecule is COc1cc2nc(N(CCCN(C)C)C(=O)c3cc(C)ccc3C)sc2cc1OC. The molecule has 30 heavy (non-hydrogen) atoms. The summed E-state index contributed by atoms with van der Waals surface area (Å²) in [6.45, 7) is 5.46. The monoisotopic (exact) mass is 427 g/mol. The molecule has 0 aliphatic carbocycles. The topological polar surface area (TPSA) is 54.9 Å². The van der Waals surface area contributed by atoms with Gasteiger partial charge in [-0.2, -0.15) is 0 Å². The molecule has 0 unspecified atom stereocenters. The van der Waals surface area contributed by atoms with E-state index in [1.165, 1.54) is 11.3 Å². The summed E-state index contributed by atoms with van der Waals surface area (Å²) in [4.78, 5) is 22.2. The van der Waals surface area contributed by atoms with Gasteiger partial charge in [0.1, 0.15) is 0 Å². The molecule has 160 valence electrons. The van der Waals surface area contributed by atoms with Crippen LogP contribution in [0.25, 0.3) is 10.2 Å². The molecule has 0 spiro atoms. The Labute approximate surface area is 182 Å². The average molecular weight is 428 g/mol. The third-order valence-electron chi connectivity index (χ3n) is 4.97. The molecule has 0 N–H and O–H groups in total. The van der Waals surface area contributed by atoms with Crippen molar-refractivity contribution in [1.29, 1.82) is 0 Å². The number of aryl methyl sites for hydroxylation is 2. The maximum absolute atomic E-state index is 13.5. The van der Waals surface area contributed by atoms with Gasteiger partial charge < -0.3 is 14.4 Å². The molecule has 0 saturated heterocycles. The van der Waals surface area contributed by atoms with Crippen LogP contribution in [0.5, 0.6) is 11.5 Å². The standard InChI is InChI=1S/C23H29N3O3S/c1-15-8-9-16(2)17(12-15)22(27)26(11-7-10-25(3)4)23-24-18-13-19(28-5)20(29-6)14-21(18)30-23/h8-9,12-14H,7,10-11H2,1-6H3. The maximum Gasteiger partial charge on any atom is 0.260 e. The van der Waals surface area contributed by atoms with Gasteiger partial charge in [-0.3, -0.25) is 9.69 Å². The molecule has 1 amide bonds. The number of amides is 1. The van der Waals surface area contributed by atoms with Crippen molar-refractivity contribution in [2.45, 2.75) is 20.3 Å². The first-order valence-electron chi connectivity index (χ1n) is 9.90. The van der Waals surface area contributed by atoms with Crippen LogP contribution in [0.4, 0.5) is 5.13 Å². The van der Waals surface area contributed by atoms with E-state index in [1.807, 2.05) is 58.3 Å². The zero-order chi connectivity index (χ0) is 21.8. The van der Waals surface area contributed by atoms with Crippen molar-refractivity contribution in [2.75, 3.05) is 46.3 Å². The molecule has 0 fully saturated rings. The number of aromatic nitrogens is 1. The number of hydrogen-bond acceptors (Lipinski definition) is 6. The third-order valence-corrected chi connectivity index (χ3v) is 6.01. The van der Waals surface area contributed by atoms with Crippen molar-refractivity contribution in [3.05, 3.63) is 47.0 Å². The highest BCUT2D eigenvalue weighted by Gasteiger charge is 2.23. The number of thiazole rings is 1. The van der Waals surface area contributed by atoms with E-state index in [0.29, 0.717) is 28.7 Å². The van der Waals surface area contributed by atoms with Crippen molar-refractivity contribution in [3.8, 4) is 11.5 Å². The van der Waals surface area contributed by atoms with Gasteiger partial charge in [-0.25, -0.2) is 4.98 Å². The van der Waals surface area contributed by atoms with E-state index < -0.39 is 0 Å². The molecule has 0 aliphatic heterocycles. The van der Waals surface area contributed by atoms with Crippen molar-refractivity contribution < 1.29 is 14.3 Å². The van der Waals surface area contributed by atoms with E-state index in [2.05, 4.69) is 4.90 Å². The number of ether oxygens (including phenoxy) is 2. The number of hydrogen-bond donors (Lipinski definition) is 0. The molecule has 0 saturated carbocycles. The van der Waals surface area contributed by atoms with Crippen LogP contribution in [-0.4, -0.2) is 57.2 Å². The lowest BCUT2D eigenvalue weighted by Gasteiger charge is -2.22. The third kappa shape index (κ3) is 4.74. The fourth-order valence-corrected chi connectivity index (χ4v) is 4.30. The lowest BCUT2D eigenvalue weighted by atomic mass is 10.0. The average Bonchev–Trinajstić information content (AvgIpc) is 3.13. The van der Waals surface area contributed by atoms with Gasteiger partial charge in [-0.15, -0.1) is 0 Å².